The summed E-state index contributed by atoms with van der Waals surface area (Å²) in [6.45, 7) is 2.28. The van der Waals surface area contributed by atoms with Gasteiger partial charge < -0.3 is 14.4 Å². The molecule has 0 saturated heterocycles. The van der Waals surface area contributed by atoms with Crippen molar-refractivity contribution in [2.45, 2.75) is 19.4 Å². The Morgan fingerprint density at radius 3 is 2.70 bits per heavy atom. The smallest absolute Gasteiger partial charge is 0.348 e. The van der Waals surface area contributed by atoms with Crippen molar-refractivity contribution in [1.29, 1.82) is 0 Å². The van der Waals surface area contributed by atoms with Gasteiger partial charge in [0.1, 0.15) is 5.75 Å². The summed E-state index contributed by atoms with van der Waals surface area (Å²) in [5.41, 5.74) is 0.733. The van der Waals surface area contributed by atoms with Crippen LogP contribution in [0, 0.1) is 11.8 Å². The molecule has 5 nitrogen and oxygen atoms in total. The lowest BCUT2D eigenvalue weighted by atomic mass is 10.1. The lowest BCUT2D eigenvalue weighted by molar-refractivity contribution is -0.148. The van der Waals surface area contributed by atoms with E-state index in [0.29, 0.717) is 11.7 Å². The molecule has 0 radical (unpaired) electrons. The van der Waals surface area contributed by atoms with Crippen molar-refractivity contribution in [3.05, 3.63) is 24.3 Å². The Balaban J connectivity index is 1.91. The van der Waals surface area contributed by atoms with Crippen molar-refractivity contribution in [1.82, 2.24) is 0 Å². The Kier molecular flexibility index (Phi) is 3.12. The number of amides is 1. The first kappa shape index (κ1) is 13.0. The minimum atomic E-state index is -0.757. The van der Waals surface area contributed by atoms with Gasteiger partial charge in [0, 0.05) is 5.92 Å². The average molecular weight is 275 g/mol. The molecule has 1 aliphatic carbocycles. The van der Waals surface area contributed by atoms with Crippen molar-refractivity contribution in [2.75, 3.05) is 18.6 Å². The van der Waals surface area contributed by atoms with Gasteiger partial charge in [0.15, 0.2) is 0 Å². The summed E-state index contributed by atoms with van der Waals surface area (Å²) < 4.78 is 10.4. The van der Waals surface area contributed by atoms with Crippen LogP contribution in [-0.4, -0.2) is 31.6 Å². The largest absolute Gasteiger partial charge is 0.475 e. The zero-order valence-corrected chi connectivity index (χ0v) is 11.5. The number of nitrogens with zero attached hydrogens (tertiary/aromatic N) is 1. The third kappa shape index (κ3) is 2.13. The van der Waals surface area contributed by atoms with Gasteiger partial charge in [-0.05, 0) is 24.5 Å². The van der Waals surface area contributed by atoms with E-state index < -0.39 is 12.1 Å². The van der Waals surface area contributed by atoms with Gasteiger partial charge in [-0.15, -0.1) is 0 Å². The highest BCUT2D eigenvalue weighted by molar-refractivity contribution is 5.99. The Morgan fingerprint density at radius 1 is 1.35 bits per heavy atom. The third-order valence-corrected chi connectivity index (χ3v) is 3.93. The van der Waals surface area contributed by atoms with Crippen LogP contribution >= 0.6 is 0 Å². The summed E-state index contributed by atoms with van der Waals surface area (Å²) in [5, 5.41) is 0. The summed E-state index contributed by atoms with van der Waals surface area (Å²) in [7, 11) is 1.32. The minimum absolute atomic E-state index is 0.0689. The number of fused-ring (bicyclic) bond motifs is 1. The molecule has 0 spiro atoms. The first-order valence-corrected chi connectivity index (χ1v) is 6.76. The highest BCUT2D eigenvalue weighted by Gasteiger charge is 2.44. The molecule has 0 N–H and O–H groups in total. The van der Waals surface area contributed by atoms with E-state index in [4.69, 9.17) is 9.47 Å². The molecule has 3 atom stereocenters. The SMILES string of the molecule is COC(=O)C1CN(C(=O)C2CC2C)c2ccccc2O1. The monoisotopic (exact) mass is 275 g/mol. The molecule has 0 bridgehead atoms. The Hall–Kier alpha value is -2.04. The van der Waals surface area contributed by atoms with Crippen LogP contribution in [0.15, 0.2) is 24.3 Å². The number of anilines is 1. The maximum absolute atomic E-state index is 12.5. The number of carbonyl (C=O) groups excluding carboxylic acids is 2. The molecule has 3 unspecified atom stereocenters. The highest BCUT2D eigenvalue weighted by Crippen LogP contribution is 2.42. The molecule has 1 aliphatic heterocycles. The second-order valence-corrected chi connectivity index (χ2v) is 5.37. The van der Waals surface area contributed by atoms with Gasteiger partial charge in [0.25, 0.3) is 0 Å². The molecular weight excluding hydrogens is 258 g/mol. The number of rotatable bonds is 2. The van der Waals surface area contributed by atoms with Crippen LogP contribution in [0.5, 0.6) is 5.75 Å². The number of esters is 1. The van der Waals surface area contributed by atoms with Crippen LogP contribution in [0.4, 0.5) is 5.69 Å². The molecule has 1 aromatic carbocycles. The van der Waals surface area contributed by atoms with Crippen LogP contribution < -0.4 is 9.64 Å². The first-order valence-electron chi connectivity index (χ1n) is 6.76. The van der Waals surface area contributed by atoms with Crippen molar-refractivity contribution in [3.8, 4) is 5.75 Å². The van der Waals surface area contributed by atoms with E-state index in [1.807, 2.05) is 18.2 Å². The van der Waals surface area contributed by atoms with Gasteiger partial charge in [-0.2, -0.15) is 0 Å². The fourth-order valence-electron chi connectivity index (χ4n) is 2.56. The summed E-state index contributed by atoms with van der Waals surface area (Å²) in [5.74, 6) is 0.660. The minimum Gasteiger partial charge on any atom is -0.475 e. The van der Waals surface area contributed by atoms with E-state index in [-0.39, 0.29) is 18.4 Å². The normalized spacial score (nSPS) is 27.3. The summed E-state index contributed by atoms with van der Waals surface area (Å²) in [4.78, 5) is 25.9. The van der Waals surface area contributed by atoms with Crippen LogP contribution in [0.3, 0.4) is 0 Å². The number of hydrogen-bond acceptors (Lipinski definition) is 4. The fourth-order valence-corrected chi connectivity index (χ4v) is 2.56. The lowest BCUT2D eigenvalue weighted by Crippen LogP contribution is -2.48. The van der Waals surface area contributed by atoms with Crippen molar-refractivity contribution in [3.63, 3.8) is 0 Å². The molecule has 1 aromatic rings. The molecule has 2 aliphatic rings. The molecule has 0 aromatic heterocycles. The second kappa shape index (κ2) is 4.81. The number of para-hydroxylation sites is 2. The number of methoxy groups -OCH3 is 1. The van der Waals surface area contributed by atoms with E-state index in [1.54, 1.807) is 11.0 Å². The van der Waals surface area contributed by atoms with E-state index in [1.165, 1.54) is 7.11 Å². The van der Waals surface area contributed by atoms with Crippen LogP contribution in [0.25, 0.3) is 0 Å². The topological polar surface area (TPSA) is 55.8 Å². The van der Waals surface area contributed by atoms with Gasteiger partial charge in [-0.3, -0.25) is 4.79 Å². The molecule has 3 rings (SSSR count). The van der Waals surface area contributed by atoms with Gasteiger partial charge in [0.2, 0.25) is 12.0 Å². The van der Waals surface area contributed by atoms with Crippen molar-refractivity contribution >= 4 is 17.6 Å². The standard InChI is InChI=1S/C15H17NO4/c1-9-7-10(9)14(17)16-8-13(15(18)19-2)20-12-6-4-3-5-11(12)16/h3-6,9-10,13H,7-8H2,1-2H3. The third-order valence-electron chi connectivity index (χ3n) is 3.93. The van der Waals surface area contributed by atoms with Crippen molar-refractivity contribution < 1.29 is 19.1 Å². The molecule has 1 saturated carbocycles. The van der Waals surface area contributed by atoms with Crippen LogP contribution in [0.1, 0.15) is 13.3 Å². The van der Waals surface area contributed by atoms with E-state index in [9.17, 15) is 9.59 Å². The predicted octanol–water partition coefficient (Wildman–Crippen LogP) is 1.61. The van der Waals surface area contributed by atoms with E-state index >= 15 is 0 Å². The quantitative estimate of drug-likeness (QED) is 0.769. The predicted molar refractivity (Wildman–Crippen MR) is 72.5 cm³/mol. The first-order chi connectivity index (χ1) is 9.61. The summed E-state index contributed by atoms with van der Waals surface area (Å²) in [6.07, 6.45) is 0.161. The summed E-state index contributed by atoms with van der Waals surface area (Å²) >= 11 is 0. The van der Waals surface area contributed by atoms with Gasteiger partial charge in [-0.1, -0.05) is 19.1 Å². The van der Waals surface area contributed by atoms with Crippen LogP contribution in [0.2, 0.25) is 0 Å². The Morgan fingerprint density at radius 2 is 2.05 bits per heavy atom. The molecule has 1 amide bonds. The van der Waals surface area contributed by atoms with Crippen LogP contribution in [-0.2, 0) is 14.3 Å². The average Bonchev–Trinajstić information content (AvgIpc) is 3.21. The zero-order valence-electron chi connectivity index (χ0n) is 11.5. The number of carbonyl (C=O) groups is 2. The number of benzene rings is 1. The molecule has 20 heavy (non-hydrogen) atoms. The second-order valence-electron chi connectivity index (χ2n) is 5.37. The molecular formula is C15H17NO4. The number of hydrogen-bond donors (Lipinski definition) is 0. The van der Waals surface area contributed by atoms with Crippen molar-refractivity contribution in [2.24, 2.45) is 11.8 Å². The Bertz CT molecular complexity index is 557. The van der Waals surface area contributed by atoms with Gasteiger partial charge >= 0.3 is 5.97 Å². The molecule has 1 heterocycles. The van der Waals surface area contributed by atoms with Gasteiger partial charge in [0.05, 0.1) is 19.3 Å². The number of ether oxygens (including phenoxy) is 2. The lowest BCUT2D eigenvalue weighted by Gasteiger charge is -2.33. The Labute approximate surface area is 117 Å². The molecule has 5 heteroatoms. The van der Waals surface area contributed by atoms with Gasteiger partial charge in [-0.25, -0.2) is 4.79 Å². The molecule has 106 valence electrons. The summed E-state index contributed by atoms with van der Waals surface area (Å²) in [6, 6.07) is 7.28. The highest BCUT2D eigenvalue weighted by atomic mass is 16.6. The maximum Gasteiger partial charge on any atom is 0.348 e. The van der Waals surface area contributed by atoms with E-state index in [0.717, 1.165) is 12.1 Å². The molecule has 1 fully saturated rings. The van der Waals surface area contributed by atoms with E-state index in [2.05, 4.69) is 6.92 Å². The maximum atomic E-state index is 12.5. The zero-order chi connectivity index (χ0) is 14.3. The fraction of sp³-hybridized carbons (Fsp3) is 0.467.